The maximum atomic E-state index is 12.2. The molecule has 0 spiro atoms. The van der Waals surface area contributed by atoms with Crippen molar-refractivity contribution in [3.8, 4) is 22.9 Å². The number of hydrogen-bond donors (Lipinski definition) is 2. The average Bonchev–Trinajstić information content (AvgIpc) is 2.66. The molecule has 2 N–H and O–H groups in total. The van der Waals surface area contributed by atoms with Crippen molar-refractivity contribution in [2.24, 2.45) is 0 Å². The molecule has 0 saturated carbocycles. The van der Waals surface area contributed by atoms with Gasteiger partial charge >= 0.3 is 5.97 Å². The van der Waals surface area contributed by atoms with Crippen molar-refractivity contribution in [1.29, 1.82) is 5.26 Å². The number of benzene rings is 2. The largest absolute Gasteiger partial charge is 0.504 e. The number of carbonyl (C=O) groups excluding carboxylic acids is 1. The van der Waals surface area contributed by atoms with Gasteiger partial charge in [0.25, 0.3) is 0 Å². The zero-order valence-corrected chi connectivity index (χ0v) is 13.6. The molecule has 2 aromatic carbocycles. The lowest BCUT2D eigenvalue weighted by atomic mass is 9.95. The monoisotopic (exact) mass is 346 g/mol. The SMILES string of the molecule is N#Cc1c(O)c(C(=O)CCC(=O)O)nc2cccc(-c3ccccc3)c12. The van der Waals surface area contributed by atoms with Gasteiger partial charge in [0, 0.05) is 11.8 Å². The third-order valence-corrected chi connectivity index (χ3v) is 4.01. The first kappa shape index (κ1) is 17.1. The number of carbonyl (C=O) groups is 2. The summed E-state index contributed by atoms with van der Waals surface area (Å²) >= 11 is 0. The van der Waals surface area contributed by atoms with Crippen molar-refractivity contribution in [3.05, 3.63) is 59.8 Å². The number of aliphatic carboxylic acids is 1. The molecule has 1 heterocycles. The van der Waals surface area contributed by atoms with Gasteiger partial charge in [-0.3, -0.25) is 9.59 Å². The van der Waals surface area contributed by atoms with Crippen LogP contribution in [0.1, 0.15) is 28.9 Å². The molecule has 0 unspecified atom stereocenters. The number of Topliss-reactive ketones (excluding diaryl/α,β-unsaturated/α-hetero) is 1. The van der Waals surface area contributed by atoms with Gasteiger partial charge in [-0.2, -0.15) is 5.26 Å². The van der Waals surface area contributed by atoms with E-state index in [0.717, 1.165) is 5.56 Å². The highest BCUT2D eigenvalue weighted by Crippen LogP contribution is 2.35. The average molecular weight is 346 g/mol. The van der Waals surface area contributed by atoms with Gasteiger partial charge in [-0.15, -0.1) is 0 Å². The normalized spacial score (nSPS) is 10.4. The van der Waals surface area contributed by atoms with E-state index in [2.05, 4.69) is 4.98 Å². The summed E-state index contributed by atoms with van der Waals surface area (Å²) in [6, 6.07) is 16.5. The van der Waals surface area contributed by atoms with Gasteiger partial charge in [-0.05, 0) is 17.2 Å². The highest BCUT2D eigenvalue weighted by atomic mass is 16.4. The minimum Gasteiger partial charge on any atom is -0.504 e. The van der Waals surface area contributed by atoms with Crippen molar-refractivity contribution in [2.45, 2.75) is 12.8 Å². The Bertz CT molecular complexity index is 1050. The molecule has 1 aromatic heterocycles. The molecular weight excluding hydrogens is 332 g/mol. The van der Waals surface area contributed by atoms with Crippen LogP contribution in [-0.4, -0.2) is 26.9 Å². The molecule has 0 fully saturated rings. The number of rotatable bonds is 5. The van der Waals surface area contributed by atoms with E-state index in [1.54, 1.807) is 12.1 Å². The Kier molecular flexibility index (Phi) is 4.63. The minimum absolute atomic E-state index is 0.0480. The highest BCUT2D eigenvalue weighted by molar-refractivity contribution is 6.06. The van der Waals surface area contributed by atoms with Crippen LogP contribution in [0.3, 0.4) is 0 Å². The molecule has 26 heavy (non-hydrogen) atoms. The summed E-state index contributed by atoms with van der Waals surface area (Å²) in [5, 5.41) is 29.2. The number of aromatic nitrogens is 1. The number of nitrogens with zero attached hydrogens (tertiary/aromatic N) is 2. The predicted octanol–water partition coefficient (Wildman–Crippen LogP) is 3.53. The Morgan fingerprint density at radius 3 is 2.42 bits per heavy atom. The topological polar surface area (TPSA) is 111 Å². The van der Waals surface area contributed by atoms with Crippen LogP contribution in [0.2, 0.25) is 0 Å². The fourth-order valence-electron chi connectivity index (χ4n) is 2.81. The van der Waals surface area contributed by atoms with E-state index >= 15 is 0 Å². The molecule has 0 atom stereocenters. The number of nitriles is 1. The van der Waals surface area contributed by atoms with Crippen molar-refractivity contribution >= 4 is 22.7 Å². The third-order valence-electron chi connectivity index (χ3n) is 4.01. The van der Waals surface area contributed by atoms with Crippen LogP contribution in [0.25, 0.3) is 22.0 Å². The van der Waals surface area contributed by atoms with Gasteiger partial charge in [-0.1, -0.05) is 42.5 Å². The van der Waals surface area contributed by atoms with Crippen molar-refractivity contribution in [1.82, 2.24) is 4.98 Å². The quantitative estimate of drug-likeness (QED) is 0.684. The Balaban J connectivity index is 2.23. The van der Waals surface area contributed by atoms with Crippen molar-refractivity contribution in [3.63, 3.8) is 0 Å². The number of ketones is 1. The molecule has 0 aliphatic rings. The van der Waals surface area contributed by atoms with Crippen molar-refractivity contribution < 1.29 is 19.8 Å². The summed E-state index contributed by atoms with van der Waals surface area (Å²) < 4.78 is 0. The maximum Gasteiger partial charge on any atom is 0.303 e. The Morgan fingerprint density at radius 2 is 1.77 bits per heavy atom. The highest BCUT2D eigenvalue weighted by Gasteiger charge is 2.22. The number of fused-ring (bicyclic) bond motifs is 1. The summed E-state index contributed by atoms with van der Waals surface area (Å²) in [6.07, 6.45) is -0.672. The second kappa shape index (κ2) is 7.03. The first-order chi connectivity index (χ1) is 12.5. The second-order valence-electron chi connectivity index (χ2n) is 5.68. The van der Waals surface area contributed by atoms with Crippen LogP contribution in [0.4, 0.5) is 0 Å². The fourth-order valence-corrected chi connectivity index (χ4v) is 2.81. The van der Waals surface area contributed by atoms with Crippen LogP contribution in [0.15, 0.2) is 48.5 Å². The number of pyridine rings is 1. The molecular formula is C20H14N2O4. The second-order valence-corrected chi connectivity index (χ2v) is 5.68. The van der Waals surface area contributed by atoms with Gasteiger partial charge in [0.15, 0.2) is 11.5 Å². The van der Waals surface area contributed by atoms with E-state index < -0.39 is 17.5 Å². The molecule has 3 rings (SSSR count). The summed E-state index contributed by atoms with van der Waals surface area (Å²) in [5.41, 5.74) is 1.63. The number of carboxylic acids is 1. The minimum atomic E-state index is -1.12. The molecule has 0 aliphatic carbocycles. The molecule has 0 amide bonds. The summed E-state index contributed by atoms with van der Waals surface area (Å²) in [6.45, 7) is 0. The molecule has 3 aromatic rings. The van der Waals surface area contributed by atoms with Crippen LogP contribution in [0, 0.1) is 11.3 Å². The van der Waals surface area contributed by atoms with E-state index in [0.29, 0.717) is 16.5 Å². The molecule has 0 saturated heterocycles. The van der Waals surface area contributed by atoms with Gasteiger partial charge in [-0.25, -0.2) is 4.98 Å². The van der Waals surface area contributed by atoms with Crippen LogP contribution >= 0.6 is 0 Å². The summed E-state index contributed by atoms with van der Waals surface area (Å²) in [5.74, 6) is -2.25. The number of aromatic hydroxyl groups is 1. The molecule has 6 heteroatoms. The number of carboxylic acid groups (broad SMARTS) is 1. The van der Waals surface area contributed by atoms with Crippen LogP contribution in [0.5, 0.6) is 5.75 Å². The smallest absolute Gasteiger partial charge is 0.303 e. The fraction of sp³-hybridized carbons (Fsp3) is 0.100. The van der Waals surface area contributed by atoms with Gasteiger partial charge in [0.1, 0.15) is 17.3 Å². The standard InChI is InChI=1S/C20H14N2O4/c21-11-14-18-13(12-5-2-1-3-6-12)7-4-8-15(18)22-19(20(14)26)16(23)9-10-17(24)25/h1-8,26H,9-10H2,(H,24,25). The van der Waals surface area contributed by atoms with E-state index in [4.69, 9.17) is 5.11 Å². The first-order valence-electron chi connectivity index (χ1n) is 7.89. The maximum absolute atomic E-state index is 12.2. The lowest BCUT2D eigenvalue weighted by molar-refractivity contribution is -0.136. The van der Waals surface area contributed by atoms with Crippen LogP contribution < -0.4 is 0 Å². The number of hydrogen-bond acceptors (Lipinski definition) is 5. The lowest BCUT2D eigenvalue weighted by Crippen LogP contribution is -2.07. The summed E-state index contributed by atoms with van der Waals surface area (Å²) in [4.78, 5) is 27.1. The van der Waals surface area contributed by atoms with E-state index in [-0.39, 0.29) is 24.1 Å². The molecule has 0 aliphatic heterocycles. The summed E-state index contributed by atoms with van der Waals surface area (Å²) in [7, 11) is 0. The lowest BCUT2D eigenvalue weighted by Gasteiger charge is -2.12. The molecule has 128 valence electrons. The zero-order chi connectivity index (χ0) is 18.7. The Morgan fingerprint density at radius 1 is 1.04 bits per heavy atom. The Hall–Kier alpha value is -3.72. The van der Waals surface area contributed by atoms with Gasteiger partial charge in [0.05, 0.1) is 11.9 Å². The molecule has 6 nitrogen and oxygen atoms in total. The van der Waals surface area contributed by atoms with Crippen LogP contribution in [-0.2, 0) is 4.79 Å². The van der Waals surface area contributed by atoms with E-state index in [1.165, 1.54) is 0 Å². The van der Waals surface area contributed by atoms with Crippen molar-refractivity contribution in [2.75, 3.05) is 0 Å². The molecule has 0 bridgehead atoms. The van der Waals surface area contributed by atoms with E-state index in [9.17, 15) is 20.0 Å². The zero-order valence-electron chi connectivity index (χ0n) is 13.6. The first-order valence-corrected chi connectivity index (χ1v) is 7.89. The van der Waals surface area contributed by atoms with Gasteiger partial charge in [0.2, 0.25) is 0 Å². The third kappa shape index (κ3) is 3.10. The van der Waals surface area contributed by atoms with E-state index in [1.807, 2.05) is 42.5 Å². The molecule has 0 radical (unpaired) electrons. The van der Waals surface area contributed by atoms with Gasteiger partial charge < -0.3 is 10.2 Å². The Labute approximate surface area is 149 Å². The predicted molar refractivity (Wildman–Crippen MR) is 94.8 cm³/mol.